The summed E-state index contributed by atoms with van der Waals surface area (Å²) in [6.07, 6.45) is 5.00. The molecule has 1 aromatic heterocycles. The van der Waals surface area contributed by atoms with Gasteiger partial charge in [-0.25, -0.2) is 4.98 Å². The van der Waals surface area contributed by atoms with Crippen LogP contribution in [0.4, 0.5) is 0 Å². The fourth-order valence-electron chi connectivity index (χ4n) is 1.56. The van der Waals surface area contributed by atoms with Crippen molar-refractivity contribution in [3.8, 4) is 0 Å². The van der Waals surface area contributed by atoms with Crippen molar-refractivity contribution in [1.82, 2.24) is 14.9 Å². The quantitative estimate of drug-likeness (QED) is 0.753. The Hall–Kier alpha value is -1.36. The van der Waals surface area contributed by atoms with Gasteiger partial charge in [0.05, 0.1) is 12.9 Å². The fourth-order valence-corrected chi connectivity index (χ4v) is 1.56. The molecule has 0 saturated carbocycles. The average Bonchev–Trinajstić information content (AvgIpc) is 2.54. The Labute approximate surface area is 89.1 Å². The predicted octanol–water partition coefficient (Wildman–Crippen LogP) is 0.724. The van der Waals surface area contributed by atoms with Gasteiger partial charge in [-0.15, -0.1) is 0 Å². The molecule has 5 heteroatoms. The molecule has 1 aromatic rings. The van der Waals surface area contributed by atoms with Crippen LogP contribution in [0, 0.1) is 0 Å². The number of carboxylic acids is 1. The lowest BCUT2D eigenvalue weighted by molar-refractivity contribution is -0.145. The Morgan fingerprint density at radius 3 is 2.73 bits per heavy atom. The van der Waals surface area contributed by atoms with Crippen molar-refractivity contribution in [3.63, 3.8) is 0 Å². The number of carbonyl (C=O) groups is 1. The molecule has 5 nitrogen and oxygen atoms in total. The topological polar surface area (TPSA) is 67.2 Å². The summed E-state index contributed by atoms with van der Waals surface area (Å²) in [6, 6.07) is 0.120. The summed E-state index contributed by atoms with van der Waals surface area (Å²) in [4.78, 5) is 15.1. The zero-order valence-electron chi connectivity index (χ0n) is 9.27. The van der Waals surface area contributed by atoms with E-state index in [1.807, 2.05) is 13.8 Å². The molecule has 0 saturated heterocycles. The van der Waals surface area contributed by atoms with Crippen LogP contribution in [0.25, 0.3) is 0 Å². The number of aliphatic carboxylic acids is 1. The molecule has 2 N–H and O–H groups in total. The van der Waals surface area contributed by atoms with Gasteiger partial charge in [-0.3, -0.25) is 10.1 Å². The first kappa shape index (κ1) is 11.7. The molecule has 0 radical (unpaired) electrons. The summed E-state index contributed by atoms with van der Waals surface area (Å²) in [5.41, 5.74) is -0.963. The van der Waals surface area contributed by atoms with Crippen LogP contribution in [0.3, 0.4) is 0 Å². The molecule has 0 aliphatic rings. The minimum absolute atomic E-state index is 0.120. The molecule has 0 bridgehead atoms. The van der Waals surface area contributed by atoms with E-state index in [1.165, 1.54) is 0 Å². The van der Waals surface area contributed by atoms with Gasteiger partial charge in [0, 0.05) is 18.4 Å². The van der Waals surface area contributed by atoms with E-state index in [1.54, 1.807) is 30.2 Å². The maximum absolute atomic E-state index is 11.2. The van der Waals surface area contributed by atoms with E-state index in [9.17, 15) is 9.90 Å². The number of aromatic nitrogens is 2. The van der Waals surface area contributed by atoms with Crippen LogP contribution in [0.15, 0.2) is 18.7 Å². The second-order valence-corrected chi connectivity index (χ2v) is 4.17. The molecule has 0 aliphatic carbocycles. The minimum atomic E-state index is -0.963. The van der Waals surface area contributed by atoms with Gasteiger partial charge in [-0.05, 0) is 20.8 Å². The Balaban J connectivity index is 2.78. The van der Waals surface area contributed by atoms with E-state index < -0.39 is 11.5 Å². The number of nitrogens with one attached hydrogen (secondary N) is 1. The third-order valence-electron chi connectivity index (χ3n) is 2.14. The molecule has 1 rings (SSSR count). The molecular formula is C10H17N3O2. The van der Waals surface area contributed by atoms with Gasteiger partial charge in [0.15, 0.2) is 0 Å². The van der Waals surface area contributed by atoms with Crippen LogP contribution in [-0.4, -0.2) is 32.2 Å². The lowest BCUT2D eigenvalue weighted by atomic mass is 10.0. The first-order chi connectivity index (χ1) is 6.94. The average molecular weight is 211 g/mol. The Morgan fingerprint density at radius 2 is 2.33 bits per heavy atom. The smallest absolute Gasteiger partial charge is 0.325 e. The number of hydrogen-bond acceptors (Lipinski definition) is 3. The highest BCUT2D eigenvalue weighted by atomic mass is 16.4. The van der Waals surface area contributed by atoms with Crippen LogP contribution in [-0.2, 0) is 11.3 Å². The predicted molar refractivity (Wildman–Crippen MR) is 56.5 cm³/mol. The Kier molecular flexibility index (Phi) is 3.47. The molecule has 84 valence electrons. The normalized spacial score (nSPS) is 15.2. The maximum Gasteiger partial charge on any atom is 0.325 e. The van der Waals surface area contributed by atoms with Crippen molar-refractivity contribution < 1.29 is 9.90 Å². The van der Waals surface area contributed by atoms with Crippen LogP contribution in [0.2, 0.25) is 0 Å². The third kappa shape index (κ3) is 3.06. The van der Waals surface area contributed by atoms with E-state index >= 15 is 0 Å². The van der Waals surface area contributed by atoms with Crippen molar-refractivity contribution in [2.24, 2.45) is 0 Å². The molecule has 0 aromatic carbocycles. The van der Waals surface area contributed by atoms with Gasteiger partial charge in [0.2, 0.25) is 0 Å². The van der Waals surface area contributed by atoms with Gasteiger partial charge >= 0.3 is 5.97 Å². The second-order valence-electron chi connectivity index (χ2n) is 4.17. The van der Waals surface area contributed by atoms with Gasteiger partial charge < -0.3 is 9.67 Å². The van der Waals surface area contributed by atoms with E-state index in [-0.39, 0.29) is 6.04 Å². The maximum atomic E-state index is 11.2. The van der Waals surface area contributed by atoms with Gasteiger partial charge in [0.25, 0.3) is 0 Å². The van der Waals surface area contributed by atoms with E-state index in [2.05, 4.69) is 10.3 Å². The lowest BCUT2D eigenvalue weighted by Gasteiger charge is -2.28. The van der Waals surface area contributed by atoms with Crippen molar-refractivity contribution in [1.29, 1.82) is 0 Å². The van der Waals surface area contributed by atoms with Crippen molar-refractivity contribution in [2.45, 2.75) is 38.9 Å². The number of rotatable bonds is 5. The van der Waals surface area contributed by atoms with E-state index in [4.69, 9.17) is 0 Å². The largest absolute Gasteiger partial charge is 0.480 e. The van der Waals surface area contributed by atoms with Crippen LogP contribution < -0.4 is 5.32 Å². The molecule has 1 unspecified atom stereocenters. The summed E-state index contributed by atoms with van der Waals surface area (Å²) in [5, 5.41) is 12.2. The van der Waals surface area contributed by atoms with Crippen LogP contribution in [0.1, 0.15) is 20.8 Å². The van der Waals surface area contributed by atoms with Crippen LogP contribution >= 0.6 is 0 Å². The molecule has 0 fully saturated rings. The summed E-state index contributed by atoms with van der Waals surface area (Å²) in [6.45, 7) is 5.89. The SMILES string of the molecule is CC(C)NC(C)(Cn1ccnc1)C(=O)O. The second kappa shape index (κ2) is 4.44. The first-order valence-electron chi connectivity index (χ1n) is 4.91. The molecule has 1 atom stereocenters. The lowest BCUT2D eigenvalue weighted by Crippen LogP contribution is -2.55. The minimum Gasteiger partial charge on any atom is -0.480 e. The number of imidazole rings is 1. The highest BCUT2D eigenvalue weighted by Crippen LogP contribution is 2.09. The van der Waals surface area contributed by atoms with Crippen molar-refractivity contribution >= 4 is 5.97 Å². The third-order valence-corrected chi connectivity index (χ3v) is 2.14. The standard InChI is InChI=1S/C10H17N3O2/c1-8(2)12-10(3,9(14)15)6-13-5-4-11-7-13/h4-5,7-8,12H,6H2,1-3H3,(H,14,15). The summed E-state index contributed by atoms with van der Waals surface area (Å²) >= 11 is 0. The van der Waals surface area contributed by atoms with Gasteiger partial charge in [-0.2, -0.15) is 0 Å². The molecular weight excluding hydrogens is 194 g/mol. The number of carboxylic acid groups (broad SMARTS) is 1. The van der Waals surface area contributed by atoms with E-state index in [0.29, 0.717) is 6.54 Å². The van der Waals surface area contributed by atoms with Gasteiger partial charge in [0.1, 0.15) is 5.54 Å². The molecule has 0 aliphatic heterocycles. The van der Waals surface area contributed by atoms with Crippen LogP contribution in [0.5, 0.6) is 0 Å². The number of nitrogens with zero attached hydrogens (tertiary/aromatic N) is 2. The Morgan fingerprint density at radius 1 is 1.67 bits per heavy atom. The number of hydrogen-bond donors (Lipinski definition) is 2. The molecule has 0 spiro atoms. The van der Waals surface area contributed by atoms with E-state index in [0.717, 1.165) is 0 Å². The first-order valence-corrected chi connectivity index (χ1v) is 4.91. The highest BCUT2D eigenvalue weighted by Gasteiger charge is 2.33. The van der Waals surface area contributed by atoms with Crippen molar-refractivity contribution in [3.05, 3.63) is 18.7 Å². The highest BCUT2D eigenvalue weighted by molar-refractivity contribution is 5.78. The van der Waals surface area contributed by atoms with Crippen molar-refractivity contribution in [2.75, 3.05) is 0 Å². The fraction of sp³-hybridized carbons (Fsp3) is 0.600. The summed E-state index contributed by atoms with van der Waals surface area (Å²) in [5.74, 6) is -0.857. The molecule has 15 heavy (non-hydrogen) atoms. The molecule has 1 heterocycles. The zero-order valence-corrected chi connectivity index (χ0v) is 9.27. The molecule has 0 amide bonds. The monoisotopic (exact) mass is 211 g/mol. The Bertz CT molecular complexity index is 321. The zero-order chi connectivity index (χ0) is 11.5. The van der Waals surface area contributed by atoms with Gasteiger partial charge in [-0.1, -0.05) is 0 Å². The summed E-state index contributed by atoms with van der Waals surface area (Å²) in [7, 11) is 0. The summed E-state index contributed by atoms with van der Waals surface area (Å²) < 4.78 is 1.75.